The third-order valence-electron chi connectivity index (χ3n) is 2.59. The second-order valence-corrected chi connectivity index (χ2v) is 3.69. The van der Waals surface area contributed by atoms with Crippen LogP contribution in [0.25, 0.3) is 11.1 Å². The van der Waals surface area contributed by atoms with Crippen LogP contribution in [0.5, 0.6) is 11.5 Å². The number of ether oxygens (including phenoxy) is 1. The van der Waals surface area contributed by atoms with Crippen LogP contribution in [-0.4, -0.2) is 17.1 Å². The number of hydrogen-bond donors (Lipinski definition) is 1. The summed E-state index contributed by atoms with van der Waals surface area (Å²) in [6, 6.07) is 10.9. The van der Waals surface area contributed by atoms with Crippen molar-refractivity contribution in [3.63, 3.8) is 0 Å². The van der Waals surface area contributed by atoms with Crippen molar-refractivity contribution in [3.05, 3.63) is 52.6 Å². The van der Waals surface area contributed by atoms with Gasteiger partial charge in [-0.1, -0.05) is 12.1 Å². The van der Waals surface area contributed by atoms with Gasteiger partial charge < -0.3 is 9.84 Å². The number of nitro benzene ring substituents is 1. The van der Waals surface area contributed by atoms with E-state index in [1.807, 2.05) is 0 Å². The van der Waals surface area contributed by atoms with Gasteiger partial charge >= 0.3 is 0 Å². The minimum Gasteiger partial charge on any atom is -0.507 e. The van der Waals surface area contributed by atoms with Crippen molar-refractivity contribution in [2.24, 2.45) is 0 Å². The molecule has 2 aromatic carbocycles. The van der Waals surface area contributed by atoms with Crippen molar-refractivity contribution in [1.29, 1.82) is 0 Å². The zero-order valence-electron chi connectivity index (χ0n) is 9.66. The highest BCUT2D eigenvalue weighted by Crippen LogP contribution is 2.33. The van der Waals surface area contributed by atoms with Crippen molar-refractivity contribution in [3.8, 4) is 22.6 Å². The number of hydrogen-bond acceptors (Lipinski definition) is 4. The molecule has 18 heavy (non-hydrogen) atoms. The first-order valence-electron chi connectivity index (χ1n) is 5.23. The Kier molecular flexibility index (Phi) is 3.14. The molecule has 0 aliphatic rings. The Hall–Kier alpha value is -2.56. The molecular weight excluding hydrogens is 234 g/mol. The average molecular weight is 245 g/mol. The predicted octanol–water partition coefficient (Wildman–Crippen LogP) is 2.98. The van der Waals surface area contributed by atoms with Crippen LogP contribution in [0.4, 0.5) is 5.69 Å². The first kappa shape index (κ1) is 11.9. The van der Waals surface area contributed by atoms with E-state index in [0.29, 0.717) is 16.9 Å². The molecule has 2 aromatic rings. The van der Waals surface area contributed by atoms with Gasteiger partial charge in [-0.05, 0) is 23.8 Å². The van der Waals surface area contributed by atoms with Crippen molar-refractivity contribution in [2.45, 2.75) is 0 Å². The summed E-state index contributed by atoms with van der Waals surface area (Å²) in [5.41, 5.74) is 1.06. The smallest absolute Gasteiger partial charge is 0.270 e. The molecule has 0 amide bonds. The summed E-state index contributed by atoms with van der Waals surface area (Å²) in [4.78, 5) is 10.2. The monoisotopic (exact) mass is 245 g/mol. The lowest BCUT2D eigenvalue weighted by Gasteiger charge is -2.06. The molecule has 2 rings (SSSR count). The molecule has 0 aromatic heterocycles. The van der Waals surface area contributed by atoms with E-state index in [1.165, 1.54) is 18.2 Å². The van der Waals surface area contributed by atoms with E-state index in [9.17, 15) is 15.2 Å². The molecule has 0 heterocycles. The molecule has 0 unspecified atom stereocenters. The van der Waals surface area contributed by atoms with E-state index < -0.39 is 4.92 Å². The molecule has 0 bridgehead atoms. The largest absolute Gasteiger partial charge is 0.507 e. The molecule has 0 radical (unpaired) electrons. The van der Waals surface area contributed by atoms with Gasteiger partial charge in [0, 0.05) is 17.7 Å². The number of phenolic OH excluding ortho intramolecular Hbond substituents is 1. The van der Waals surface area contributed by atoms with Gasteiger partial charge in [0.15, 0.2) is 0 Å². The van der Waals surface area contributed by atoms with Crippen LogP contribution in [0.15, 0.2) is 42.5 Å². The molecule has 1 N–H and O–H groups in total. The van der Waals surface area contributed by atoms with Crippen LogP contribution < -0.4 is 4.74 Å². The van der Waals surface area contributed by atoms with Crippen molar-refractivity contribution in [1.82, 2.24) is 0 Å². The number of phenols is 1. The first-order valence-corrected chi connectivity index (χ1v) is 5.23. The lowest BCUT2D eigenvalue weighted by atomic mass is 10.0. The van der Waals surface area contributed by atoms with Crippen molar-refractivity contribution < 1.29 is 14.8 Å². The molecule has 0 spiro atoms. The number of benzene rings is 2. The Morgan fingerprint density at radius 3 is 2.39 bits per heavy atom. The van der Waals surface area contributed by atoms with Gasteiger partial charge in [0.1, 0.15) is 11.5 Å². The van der Waals surface area contributed by atoms with Gasteiger partial charge in [0.2, 0.25) is 0 Å². The van der Waals surface area contributed by atoms with Crippen LogP contribution in [-0.2, 0) is 0 Å². The summed E-state index contributed by atoms with van der Waals surface area (Å²) >= 11 is 0. The topological polar surface area (TPSA) is 72.6 Å². The molecule has 0 aliphatic heterocycles. The Balaban J connectivity index is 2.48. The van der Waals surface area contributed by atoms with E-state index in [-0.39, 0.29) is 11.4 Å². The fourth-order valence-corrected chi connectivity index (χ4v) is 1.64. The Labute approximate surface area is 103 Å². The number of nitro groups is 1. The maximum atomic E-state index is 10.7. The number of non-ortho nitro benzene ring substituents is 1. The summed E-state index contributed by atoms with van der Waals surface area (Å²) in [6.45, 7) is 0. The highest BCUT2D eigenvalue weighted by atomic mass is 16.6. The fraction of sp³-hybridized carbons (Fsp3) is 0.0769. The maximum Gasteiger partial charge on any atom is 0.270 e. The fourth-order valence-electron chi connectivity index (χ4n) is 1.64. The highest BCUT2D eigenvalue weighted by Gasteiger charge is 2.11. The quantitative estimate of drug-likeness (QED) is 0.666. The van der Waals surface area contributed by atoms with E-state index >= 15 is 0 Å². The Morgan fingerprint density at radius 2 is 1.83 bits per heavy atom. The summed E-state index contributed by atoms with van der Waals surface area (Å²) in [6.07, 6.45) is 0. The lowest BCUT2D eigenvalue weighted by molar-refractivity contribution is -0.384. The standard InChI is InChI=1S/C13H11NO4/c1-18-11-5-2-9(3-6-11)12-8-10(14(16)17)4-7-13(12)15/h2-8,15H,1H3. The molecule has 5 nitrogen and oxygen atoms in total. The number of aromatic hydroxyl groups is 1. The second-order valence-electron chi connectivity index (χ2n) is 3.69. The average Bonchev–Trinajstić information content (AvgIpc) is 2.39. The minimum absolute atomic E-state index is 0.00534. The summed E-state index contributed by atoms with van der Waals surface area (Å²) in [7, 11) is 1.56. The van der Waals surface area contributed by atoms with Crippen LogP contribution in [0.3, 0.4) is 0 Å². The second kappa shape index (κ2) is 4.75. The van der Waals surface area contributed by atoms with E-state index in [1.54, 1.807) is 31.4 Å². The molecule has 0 saturated carbocycles. The lowest BCUT2D eigenvalue weighted by Crippen LogP contribution is -1.89. The highest BCUT2D eigenvalue weighted by molar-refractivity contribution is 5.72. The van der Waals surface area contributed by atoms with Gasteiger partial charge in [0.05, 0.1) is 12.0 Å². The molecular formula is C13H11NO4. The van der Waals surface area contributed by atoms with Crippen molar-refractivity contribution >= 4 is 5.69 Å². The first-order chi connectivity index (χ1) is 8.61. The minimum atomic E-state index is -0.494. The number of methoxy groups -OCH3 is 1. The van der Waals surface area contributed by atoms with Crippen LogP contribution in [0.2, 0.25) is 0 Å². The molecule has 0 aliphatic carbocycles. The predicted molar refractivity (Wildman–Crippen MR) is 66.7 cm³/mol. The van der Waals surface area contributed by atoms with E-state index in [4.69, 9.17) is 4.74 Å². The number of rotatable bonds is 3. The molecule has 5 heteroatoms. The molecule has 92 valence electrons. The normalized spacial score (nSPS) is 10.1. The summed E-state index contributed by atoms with van der Waals surface area (Å²) in [5.74, 6) is 0.689. The van der Waals surface area contributed by atoms with Gasteiger partial charge in [-0.25, -0.2) is 0 Å². The van der Waals surface area contributed by atoms with Gasteiger partial charge in [-0.15, -0.1) is 0 Å². The third-order valence-corrected chi connectivity index (χ3v) is 2.59. The van der Waals surface area contributed by atoms with Gasteiger partial charge in [-0.2, -0.15) is 0 Å². The molecule has 0 atom stereocenters. The van der Waals surface area contributed by atoms with Crippen LogP contribution in [0.1, 0.15) is 0 Å². The maximum absolute atomic E-state index is 10.7. The van der Waals surface area contributed by atoms with Crippen LogP contribution in [0, 0.1) is 10.1 Å². The molecule has 0 fully saturated rings. The SMILES string of the molecule is COc1ccc(-c2cc([N+](=O)[O-])ccc2O)cc1. The third kappa shape index (κ3) is 2.24. The zero-order chi connectivity index (χ0) is 13.1. The Morgan fingerprint density at radius 1 is 1.17 bits per heavy atom. The summed E-state index contributed by atoms with van der Waals surface area (Å²) < 4.78 is 5.03. The van der Waals surface area contributed by atoms with E-state index in [2.05, 4.69) is 0 Å². The van der Waals surface area contributed by atoms with Gasteiger partial charge in [0.25, 0.3) is 5.69 Å². The van der Waals surface area contributed by atoms with Crippen LogP contribution >= 0.6 is 0 Å². The summed E-state index contributed by atoms with van der Waals surface area (Å²) in [5, 5.41) is 20.4. The van der Waals surface area contributed by atoms with Crippen molar-refractivity contribution in [2.75, 3.05) is 7.11 Å². The molecule has 0 saturated heterocycles. The number of nitrogens with zero attached hydrogens (tertiary/aromatic N) is 1. The van der Waals surface area contributed by atoms with E-state index in [0.717, 1.165) is 0 Å². The van der Waals surface area contributed by atoms with Gasteiger partial charge in [-0.3, -0.25) is 10.1 Å². The Bertz CT molecular complexity index is 578. The zero-order valence-corrected chi connectivity index (χ0v) is 9.66.